The molecule has 0 aliphatic rings. The van der Waals surface area contributed by atoms with Gasteiger partial charge in [0.15, 0.2) is 0 Å². The zero-order chi connectivity index (χ0) is 34.7. The van der Waals surface area contributed by atoms with E-state index >= 15 is 0 Å². The van der Waals surface area contributed by atoms with Crippen LogP contribution in [0.5, 0.6) is 5.75 Å². The fourth-order valence-corrected chi connectivity index (χ4v) is 6.05. The fraction of sp³-hybridized carbons (Fsp3) is 0.0714. The molecule has 0 radical (unpaired) electrons. The second kappa shape index (κ2) is 16.3. The van der Waals surface area contributed by atoms with E-state index in [9.17, 15) is 14.4 Å². The number of fused-ring (bicyclic) bond motifs is 1. The average Bonchev–Trinajstić information content (AvgIpc) is 3.15. The molecular weight excluding hydrogens is 643 g/mol. The van der Waals surface area contributed by atoms with Crippen LogP contribution in [0.3, 0.4) is 0 Å². The SMILES string of the molecule is CC(Sc1cccc(NC(=O)/C(=C\c2ccc(OCc3ccccc3)cc2)NC(=O)c2ccccc2)c1)C(=O)Nc1ccc2ccccc2c1. The van der Waals surface area contributed by atoms with Crippen molar-refractivity contribution in [3.63, 3.8) is 0 Å². The molecule has 0 saturated carbocycles. The molecule has 1 unspecified atom stereocenters. The first-order valence-electron chi connectivity index (χ1n) is 16.1. The highest BCUT2D eigenvalue weighted by molar-refractivity contribution is 8.00. The highest BCUT2D eigenvalue weighted by atomic mass is 32.2. The van der Waals surface area contributed by atoms with Gasteiger partial charge >= 0.3 is 0 Å². The molecule has 6 rings (SSSR count). The van der Waals surface area contributed by atoms with E-state index in [0.29, 0.717) is 29.2 Å². The Morgan fingerprint density at radius 2 is 1.36 bits per heavy atom. The Morgan fingerprint density at radius 1 is 0.680 bits per heavy atom. The molecule has 0 bridgehead atoms. The van der Waals surface area contributed by atoms with E-state index in [1.165, 1.54) is 11.8 Å². The maximum absolute atomic E-state index is 13.7. The van der Waals surface area contributed by atoms with Gasteiger partial charge in [0.1, 0.15) is 18.1 Å². The summed E-state index contributed by atoms with van der Waals surface area (Å²) in [6.45, 7) is 2.27. The van der Waals surface area contributed by atoms with Crippen LogP contribution in [0, 0.1) is 0 Å². The van der Waals surface area contributed by atoms with Gasteiger partial charge in [0, 0.05) is 21.8 Å². The smallest absolute Gasteiger partial charge is 0.272 e. The van der Waals surface area contributed by atoms with Gasteiger partial charge in [-0.05, 0) is 89.5 Å². The number of thioether (sulfide) groups is 1. The molecule has 248 valence electrons. The van der Waals surface area contributed by atoms with E-state index in [1.807, 2.05) is 122 Å². The molecule has 0 fully saturated rings. The van der Waals surface area contributed by atoms with Crippen molar-refractivity contribution < 1.29 is 19.1 Å². The normalized spacial score (nSPS) is 11.7. The molecule has 6 aromatic carbocycles. The number of amides is 3. The summed E-state index contributed by atoms with van der Waals surface area (Å²) in [4.78, 5) is 40.6. The Bertz CT molecular complexity index is 2130. The van der Waals surface area contributed by atoms with Crippen LogP contribution in [-0.4, -0.2) is 23.0 Å². The molecular formula is C42H35N3O4S. The van der Waals surface area contributed by atoms with Gasteiger partial charge in [0.05, 0.1) is 5.25 Å². The summed E-state index contributed by atoms with van der Waals surface area (Å²) in [5, 5.41) is 10.4. The number of carbonyl (C=O) groups is 3. The van der Waals surface area contributed by atoms with Crippen LogP contribution in [-0.2, 0) is 16.2 Å². The van der Waals surface area contributed by atoms with E-state index in [-0.39, 0.29) is 11.6 Å². The molecule has 8 heteroatoms. The van der Waals surface area contributed by atoms with Gasteiger partial charge in [-0.25, -0.2) is 0 Å². The third-order valence-corrected chi connectivity index (χ3v) is 8.85. The van der Waals surface area contributed by atoms with E-state index < -0.39 is 17.1 Å². The average molecular weight is 678 g/mol. The van der Waals surface area contributed by atoms with Crippen LogP contribution < -0.4 is 20.7 Å². The van der Waals surface area contributed by atoms with Crippen LogP contribution >= 0.6 is 11.8 Å². The summed E-state index contributed by atoms with van der Waals surface area (Å²) in [5.74, 6) is -0.363. The minimum absolute atomic E-state index is 0.0676. The molecule has 6 aromatic rings. The molecule has 0 aromatic heterocycles. The van der Waals surface area contributed by atoms with Crippen LogP contribution in [0.1, 0.15) is 28.4 Å². The van der Waals surface area contributed by atoms with Crippen LogP contribution in [0.25, 0.3) is 16.8 Å². The summed E-state index contributed by atoms with van der Waals surface area (Å²) >= 11 is 1.38. The standard InChI is InChI=1S/C42H35N3O4S/c1-29(40(46)43-36-22-21-32-13-8-9-16-34(32)26-36)50-38-18-10-17-35(27-38)44-42(48)39(45-41(47)33-14-6-3-7-15-33)25-30-19-23-37(24-20-30)49-28-31-11-4-2-5-12-31/h2-27,29H,28H2,1H3,(H,43,46)(H,44,48)(H,45,47)/b39-25+. The van der Waals surface area contributed by atoms with Crippen LogP contribution in [0.2, 0.25) is 0 Å². The van der Waals surface area contributed by atoms with Crippen LogP contribution in [0.4, 0.5) is 11.4 Å². The number of carbonyl (C=O) groups excluding carboxylic acids is 3. The van der Waals surface area contributed by atoms with Crippen LogP contribution in [0.15, 0.2) is 162 Å². The molecule has 7 nitrogen and oxygen atoms in total. The first kappa shape index (κ1) is 33.8. The lowest BCUT2D eigenvalue weighted by atomic mass is 10.1. The minimum Gasteiger partial charge on any atom is -0.489 e. The molecule has 1 atom stereocenters. The number of benzene rings is 6. The van der Waals surface area contributed by atoms with Crippen molar-refractivity contribution in [2.24, 2.45) is 0 Å². The number of nitrogens with one attached hydrogen (secondary N) is 3. The highest BCUT2D eigenvalue weighted by Gasteiger charge is 2.18. The molecule has 3 amide bonds. The second-order valence-corrected chi connectivity index (χ2v) is 12.9. The maximum Gasteiger partial charge on any atom is 0.272 e. The van der Waals surface area contributed by atoms with Gasteiger partial charge in [0.2, 0.25) is 5.91 Å². The number of rotatable bonds is 12. The summed E-state index contributed by atoms with van der Waals surface area (Å²) in [6, 6.07) is 47.0. The number of anilines is 2. The summed E-state index contributed by atoms with van der Waals surface area (Å²) < 4.78 is 5.90. The van der Waals surface area contributed by atoms with Crippen molar-refractivity contribution in [2.75, 3.05) is 10.6 Å². The van der Waals surface area contributed by atoms with Gasteiger partial charge in [-0.2, -0.15) is 0 Å². The summed E-state index contributed by atoms with van der Waals surface area (Å²) in [5.41, 5.74) is 3.50. The molecule has 0 spiro atoms. The number of hydrogen-bond acceptors (Lipinski definition) is 5. The van der Waals surface area contributed by atoms with Crippen molar-refractivity contribution in [3.8, 4) is 5.75 Å². The van der Waals surface area contributed by atoms with Gasteiger partial charge in [-0.15, -0.1) is 11.8 Å². The Labute approximate surface area is 295 Å². The van der Waals surface area contributed by atoms with Gasteiger partial charge in [0.25, 0.3) is 11.8 Å². The molecule has 50 heavy (non-hydrogen) atoms. The monoisotopic (exact) mass is 677 g/mol. The van der Waals surface area contributed by atoms with E-state index in [1.54, 1.807) is 42.5 Å². The Balaban J connectivity index is 1.13. The minimum atomic E-state index is -0.497. The van der Waals surface area contributed by atoms with E-state index in [2.05, 4.69) is 16.0 Å². The Morgan fingerprint density at radius 3 is 2.12 bits per heavy atom. The summed E-state index contributed by atoms with van der Waals surface area (Å²) in [6.07, 6.45) is 1.62. The van der Waals surface area contributed by atoms with Gasteiger partial charge in [-0.3, -0.25) is 14.4 Å². The van der Waals surface area contributed by atoms with Crippen molar-refractivity contribution in [1.29, 1.82) is 0 Å². The predicted molar refractivity (Wildman–Crippen MR) is 202 cm³/mol. The molecule has 0 aliphatic heterocycles. The molecule has 0 saturated heterocycles. The van der Waals surface area contributed by atoms with Crippen molar-refractivity contribution in [2.45, 2.75) is 23.7 Å². The van der Waals surface area contributed by atoms with E-state index in [4.69, 9.17) is 4.74 Å². The lowest BCUT2D eigenvalue weighted by Crippen LogP contribution is -2.30. The lowest BCUT2D eigenvalue weighted by Gasteiger charge is -2.14. The predicted octanol–water partition coefficient (Wildman–Crippen LogP) is 8.95. The number of ether oxygens (including phenoxy) is 1. The van der Waals surface area contributed by atoms with Crippen molar-refractivity contribution >= 4 is 57.7 Å². The molecule has 0 heterocycles. The fourth-order valence-electron chi connectivity index (χ4n) is 5.12. The Hall–Kier alpha value is -6.12. The summed E-state index contributed by atoms with van der Waals surface area (Å²) in [7, 11) is 0. The number of hydrogen-bond donors (Lipinski definition) is 3. The third kappa shape index (κ3) is 9.27. The quantitative estimate of drug-likeness (QED) is 0.0888. The van der Waals surface area contributed by atoms with Gasteiger partial charge < -0.3 is 20.7 Å². The third-order valence-electron chi connectivity index (χ3n) is 7.76. The Kier molecular flexibility index (Phi) is 11.0. The second-order valence-electron chi connectivity index (χ2n) is 11.5. The lowest BCUT2D eigenvalue weighted by molar-refractivity contribution is -0.115. The zero-order valence-corrected chi connectivity index (χ0v) is 28.2. The first-order chi connectivity index (χ1) is 24.4. The van der Waals surface area contributed by atoms with E-state index in [0.717, 1.165) is 26.9 Å². The highest BCUT2D eigenvalue weighted by Crippen LogP contribution is 2.28. The van der Waals surface area contributed by atoms with Crippen molar-refractivity contribution in [3.05, 3.63) is 174 Å². The first-order valence-corrected chi connectivity index (χ1v) is 17.0. The molecule has 0 aliphatic carbocycles. The zero-order valence-electron chi connectivity index (χ0n) is 27.3. The van der Waals surface area contributed by atoms with Crippen molar-refractivity contribution in [1.82, 2.24) is 5.32 Å². The maximum atomic E-state index is 13.7. The molecule has 3 N–H and O–H groups in total. The largest absolute Gasteiger partial charge is 0.489 e. The topological polar surface area (TPSA) is 96.5 Å². The van der Waals surface area contributed by atoms with Gasteiger partial charge in [-0.1, -0.05) is 97.1 Å².